The lowest BCUT2D eigenvalue weighted by Gasteiger charge is -2.56. The van der Waals surface area contributed by atoms with Crippen LogP contribution in [-0.4, -0.2) is 62.7 Å². The number of rotatable bonds is 15. The van der Waals surface area contributed by atoms with Crippen LogP contribution in [0.4, 0.5) is 0 Å². The van der Waals surface area contributed by atoms with E-state index in [1.165, 1.54) is 0 Å². The van der Waals surface area contributed by atoms with E-state index in [0.717, 1.165) is 18.1 Å². The van der Waals surface area contributed by atoms with Crippen LogP contribution in [0.3, 0.4) is 0 Å². The highest BCUT2D eigenvalue weighted by molar-refractivity contribution is 6.95. The van der Waals surface area contributed by atoms with E-state index in [2.05, 4.69) is 83.1 Å². The van der Waals surface area contributed by atoms with Crippen LogP contribution < -0.4 is 0 Å². The first-order chi connectivity index (χ1) is 15.3. The van der Waals surface area contributed by atoms with E-state index < -0.39 is 25.7 Å². The van der Waals surface area contributed by atoms with Crippen molar-refractivity contribution in [3.63, 3.8) is 0 Å². The van der Waals surface area contributed by atoms with Gasteiger partial charge in [0.2, 0.25) is 0 Å². The molecule has 33 heavy (non-hydrogen) atoms. The third-order valence-electron chi connectivity index (χ3n) is 6.41. The summed E-state index contributed by atoms with van der Waals surface area (Å²) in [6.45, 7) is 28.2. The van der Waals surface area contributed by atoms with E-state index in [1.807, 2.05) is 0 Å². The summed E-state index contributed by atoms with van der Waals surface area (Å²) in [5, 5.41) is 0. The molecule has 0 saturated carbocycles. The fourth-order valence-corrected chi connectivity index (χ4v) is 23.0. The van der Waals surface area contributed by atoms with Crippen molar-refractivity contribution >= 4 is 25.7 Å². The molecule has 0 bridgehead atoms. The van der Waals surface area contributed by atoms with E-state index in [0.29, 0.717) is 37.6 Å². The molecule has 0 aliphatic carbocycles. The Bertz CT molecular complexity index is 478. The van der Waals surface area contributed by atoms with Crippen molar-refractivity contribution in [2.24, 2.45) is 17.8 Å². The van der Waals surface area contributed by atoms with Crippen molar-refractivity contribution in [2.75, 3.05) is 19.8 Å². The van der Waals surface area contributed by atoms with Crippen molar-refractivity contribution in [3.8, 4) is 0 Å². The SMILES string of the molecule is CC[Si]1(C(C)OCC(C)C)O[Si](CC)(C(C)OCC(C)C)O[Si](CC)(C(C)OCC(C)C)O1. The minimum Gasteiger partial charge on any atom is -0.412 e. The van der Waals surface area contributed by atoms with Gasteiger partial charge in [-0.25, -0.2) is 0 Å². The van der Waals surface area contributed by atoms with Crippen molar-refractivity contribution in [2.45, 2.75) is 118 Å². The molecule has 1 heterocycles. The van der Waals surface area contributed by atoms with Gasteiger partial charge < -0.3 is 26.6 Å². The number of hydrogen-bond acceptors (Lipinski definition) is 6. The van der Waals surface area contributed by atoms with Gasteiger partial charge in [0, 0.05) is 19.8 Å². The van der Waals surface area contributed by atoms with E-state index >= 15 is 0 Å². The normalized spacial score (nSPS) is 31.4. The summed E-state index contributed by atoms with van der Waals surface area (Å²) in [7, 11) is -8.28. The van der Waals surface area contributed by atoms with Crippen molar-refractivity contribution < 1.29 is 26.6 Å². The highest BCUT2D eigenvalue weighted by atomic mass is 28.5. The molecule has 6 nitrogen and oxygen atoms in total. The van der Waals surface area contributed by atoms with E-state index in [-0.39, 0.29) is 17.2 Å². The standard InChI is InChI=1S/C24H54O6Si3/c1-13-31(22(10)25-16-19(4)5)28-32(14-2,23(11)26-17-20(6)7)30-33(15-3,29-31)24(12)27-18-21(8)9/h19-24H,13-18H2,1-12H3. The Labute approximate surface area is 208 Å². The van der Waals surface area contributed by atoms with E-state index in [9.17, 15) is 0 Å². The van der Waals surface area contributed by atoms with Crippen LogP contribution >= 0.6 is 0 Å². The molecule has 0 aromatic heterocycles. The van der Waals surface area contributed by atoms with Crippen molar-refractivity contribution in [3.05, 3.63) is 0 Å². The summed E-state index contributed by atoms with van der Waals surface area (Å²) >= 11 is 0. The lowest BCUT2D eigenvalue weighted by Crippen LogP contribution is -2.78. The zero-order chi connectivity index (χ0) is 25.4. The predicted molar refractivity (Wildman–Crippen MR) is 143 cm³/mol. The van der Waals surface area contributed by atoms with Crippen molar-refractivity contribution in [1.82, 2.24) is 0 Å². The monoisotopic (exact) mass is 522 g/mol. The molecule has 1 fully saturated rings. The Balaban J connectivity index is 3.47. The topological polar surface area (TPSA) is 55.4 Å². The molecule has 1 aliphatic heterocycles. The van der Waals surface area contributed by atoms with Crippen LogP contribution in [0.15, 0.2) is 0 Å². The molecule has 0 aromatic rings. The summed E-state index contributed by atoms with van der Waals surface area (Å²) in [5.41, 5.74) is -0.249. The van der Waals surface area contributed by atoms with E-state index in [4.69, 9.17) is 26.6 Å². The van der Waals surface area contributed by atoms with Gasteiger partial charge in [-0.15, -0.1) is 0 Å². The highest BCUT2D eigenvalue weighted by Gasteiger charge is 2.66. The zero-order valence-corrected chi connectivity index (χ0v) is 26.7. The van der Waals surface area contributed by atoms with Gasteiger partial charge in [0.05, 0.1) is 17.2 Å². The Kier molecular flexibility index (Phi) is 13.0. The summed E-state index contributed by atoms with van der Waals surface area (Å²) in [6, 6.07) is 2.48. The molecule has 3 atom stereocenters. The van der Waals surface area contributed by atoms with Gasteiger partial charge in [-0.2, -0.15) is 0 Å². The van der Waals surface area contributed by atoms with E-state index in [1.54, 1.807) is 0 Å². The van der Waals surface area contributed by atoms with Crippen LogP contribution in [0.5, 0.6) is 0 Å². The number of ether oxygens (including phenoxy) is 3. The molecule has 9 heteroatoms. The van der Waals surface area contributed by atoms with Crippen LogP contribution in [-0.2, 0) is 26.6 Å². The zero-order valence-electron chi connectivity index (χ0n) is 23.7. The Morgan fingerprint density at radius 3 is 0.818 bits per heavy atom. The molecule has 0 amide bonds. The second kappa shape index (κ2) is 13.6. The largest absolute Gasteiger partial charge is 0.412 e. The Morgan fingerprint density at radius 1 is 0.455 bits per heavy atom. The van der Waals surface area contributed by atoms with Crippen LogP contribution in [0, 0.1) is 17.8 Å². The minimum absolute atomic E-state index is 0.0831. The fraction of sp³-hybridized carbons (Fsp3) is 1.00. The van der Waals surface area contributed by atoms with Gasteiger partial charge in [0.1, 0.15) is 0 Å². The maximum absolute atomic E-state index is 7.14. The van der Waals surface area contributed by atoms with Gasteiger partial charge in [-0.3, -0.25) is 0 Å². The fourth-order valence-electron chi connectivity index (χ4n) is 4.12. The maximum atomic E-state index is 7.14. The maximum Gasteiger partial charge on any atom is 0.350 e. The lowest BCUT2D eigenvalue weighted by molar-refractivity contribution is 0.0161. The molecule has 198 valence electrons. The average Bonchev–Trinajstić information content (AvgIpc) is 2.78. The number of hydrogen-bond donors (Lipinski definition) is 0. The van der Waals surface area contributed by atoms with Gasteiger partial charge in [0.15, 0.2) is 0 Å². The molecule has 0 radical (unpaired) electrons. The summed E-state index contributed by atoms with van der Waals surface area (Å²) in [6.07, 6.45) is 0. The highest BCUT2D eigenvalue weighted by Crippen LogP contribution is 2.42. The molecule has 1 saturated heterocycles. The molecule has 0 spiro atoms. The van der Waals surface area contributed by atoms with Crippen LogP contribution in [0.25, 0.3) is 0 Å². The average molecular weight is 523 g/mol. The lowest BCUT2D eigenvalue weighted by atomic mass is 10.2. The first-order valence-electron chi connectivity index (χ1n) is 13.3. The molecule has 1 aliphatic rings. The first-order valence-corrected chi connectivity index (χ1v) is 19.6. The minimum atomic E-state index is -2.76. The first kappa shape index (κ1) is 31.4. The second-order valence-electron chi connectivity index (χ2n) is 10.9. The molecular weight excluding hydrogens is 469 g/mol. The van der Waals surface area contributed by atoms with Crippen LogP contribution in [0.2, 0.25) is 18.1 Å². The van der Waals surface area contributed by atoms with Gasteiger partial charge in [0.25, 0.3) is 0 Å². The van der Waals surface area contributed by atoms with Crippen LogP contribution in [0.1, 0.15) is 83.1 Å². The van der Waals surface area contributed by atoms with Gasteiger partial charge in [-0.1, -0.05) is 62.3 Å². The summed E-state index contributed by atoms with van der Waals surface area (Å²) in [4.78, 5) is 0. The third-order valence-corrected chi connectivity index (χ3v) is 21.9. The molecular formula is C24H54O6Si3. The Hall–Kier alpha value is 0.411. The molecule has 3 unspecified atom stereocenters. The summed E-state index contributed by atoms with van der Waals surface area (Å²) in [5.74, 6) is 1.37. The van der Waals surface area contributed by atoms with Gasteiger partial charge in [-0.05, 0) is 56.7 Å². The second-order valence-corrected chi connectivity index (χ2v) is 22.8. The quantitative estimate of drug-likeness (QED) is 0.237. The van der Waals surface area contributed by atoms with Crippen molar-refractivity contribution in [1.29, 1.82) is 0 Å². The summed E-state index contributed by atoms with van der Waals surface area (Å²) < 4.78 is 40.6. The third kappa shape index (κ3) is 8.21. The van der Waals surface area contributed by atoms with Gasteiger partial charge >= 0.3 is 25.7 Å². The predicted octanol–water partition coefficient (Wildman–Crippen LogP) is 6.24. The smallest absolute Gasteiger partial charge is 0.350 e. The molecule has 0 aromatic carbocycles. The molecule has 0 N–H and O–H groups in total. The Morgan fingerprint density at radius 2 is 0.667 bits per heavy atom. The molecule has 1 rings (SSSR count).